The lowest BCUT2D eigenvalue weighted by atomic mass is 10.2. The van der Waals surface area contributed by atoms with E-state index in [9.17, 15) is 4.79 Å². The van der Waals surface area contributed by atoms with E-state index in [0.29, 0.717) is 24.6 Å². The van der Waals surface area contributed by atoms with Crippen LogP contribution in [-0.4, -0.2) is 30.8 Å². The highest BCUT2D eigenvalue weighted by Gasteiger charge is 2.13. The Bertz CT molecular complexity index is 716. The molecule has 1 amide bonds. The normalized spacial score (nSPS) is 12.3. The summed E-state index contributed by atoms with van der Waals surface area (Å²) in [7, 11) is 1.66. The minimum Gasteiger partial charge on any atom is -0.492 e. The topological polar surface area (TPSA) is 52.8 Å². The molecule has 2 rings (SSSR count). The van der Waals surface area contributed by atoms with Crippen LogP contribution in [-0.2, 0) is 16.1 Å². The number of methoxy groups -OCH3 is 1. The summed E-state index contributed by atoms with van der Waals surface area (Å²) in [4.78, 5) is 17.0. The second-order valence-corrected chi connectivity index (χ2v) is 6.18. The van der Waals surface area contributed by atoms with Gasteiger partial charge in [-0.15, -0.1) is 0 Å². The Morgan fingerprint density at radius 1 is 1.41 bits per heavy atom. The number of rotatable bonds is 6. The summed E-state index contributed by atoms with van der Waals surface area (Å²) in [5, 5.41) is 0. The molecule has 120 valence electrons. The monoisotopic (exact) mass is 322 g/mol. The molecule has 1 aromatic heterocycles. The number of fused-ring (bicyclic) bond motifs is 1. The van der Waals surface area contributed by atoms with Crippen LogP contribution in [0.5, 0.6) is 5.75 Å². The number of amides is 1. The minimum atomic E-state index is -0.118. The molecule has 0 bridgehead atoms. The van der Waals surface area contributed by atoms with Crippen LogP contribution in [0.15, 0.2) is 23.2 Å². The van der Waals surface area contributed by atoms with Crippen molar-refractivity contribution in [2.24, 2.45) is 10.9 Å². The van der Waals surface area contributed by atoms with Crippen LogP contribution in [0.3, 0.4) is 0 Å². The number of benzene rings is 1. The predicted octanol–water partition coefficient (Wildman–Crippen LogP) is 2.83. The van der Waals surface area contributed by atoms with Crippen LogP contribution in [0.2, 0.25) is 0 Å². The first-order chi connectivity index (χ1) is 10.6. The van der Waals surface area contributed by atoms with Gasteiger partial charge in [-0.2, -0.15) is 4.99 Å². The molecule has 0 radical (unpaired) electrons. The molecular weight excluding hydrogens is 300 g/mol. The lowest BCUT2D eigenvalue weighted by molar-refractivity contribution is -0.120. The fraction of sp³-hybridized carbons (Fsp3) is 0.500. The average Bonchev–Trinajstić information content (AvgIpc) is 2.83. The zero-order valence-electron chi connectivity index (χ0n) is 13.5. The average molecular weight is 322 g/mol. The number of nitrogens with zero attached hydrogens (tertiary/aromatic N) is 2. The van der Waals surface area contributed by atoms with Crippen LogP contribution in [0, 0.1) is 5.92 Å². The molecule has 1 aromatic carbocycles. The molecule has 0 atom stereocenters. The van der Waals surface area contributed by atoms with Gasteiger partial charge in [0.05, 0.1) is 17.9 Å². The van der Waals surface area contributed by atoms with Gasteiger partial charge in [0.1, 0.15) is 11.3 Å². The first-order valence-electron chi connectivity index (χ1n) is 7.41. The van der Waals surface area contributed by atoms with Crippen molar-refractivity contribution >= 4 is 27.5 Å². The molecule has 0 N–H and O–H groups in total. The Labute approximate surface area is 134 Å². The molecule has 0 saturated carbocycles. The maximum atomic E-state index is 12.0. The number of hydrogen-bond acceptors (Lipinski definition) is 4. The van der Waals surface area contributed by atoms with Crippen LogP contribution >= 0.6 is 11.3 Å². The number of carbonyl (C=O) groups is 1. The van der Waals surface area contributed by atoms with E-state index in [4.69, 9.17) is 9.47 Å². The first-order valence-corrected chi connectivity index (χ1v) is 8.22. The minimum absolute atomic E-state index is 0.115. The second-order valence-electron chi connectivity index (χ2n) is 5.17. The zero-order valence-corrected chi connectivity index (χ0v) is 14.3. The second kappa shape index (κ2) is 7.56. The number of ether oxygens (including phenoxy) is 2. The Morgan fingerprint density at radius 2 is 2.18 bits per heavy atom. The molecule has 0 aliphatic rings. The quantitative estimate of drug-likeness (QED) is 0.822. The maximum absolute atomic E-state index is 12.0. The predicted molar refractivity (Wildman–Crippen MR) is 88.3 cm³/mol. The fourth-order valence-electron chi connectivity index (χ4n) is 2.07. The van der Waals surface area contributed by atoms with E-state index in [0.717, 1.165) is 16.0 Å². The van der Waals surface area contributed by atoms with Crippen LogP contribution in [0.25, 0.3) is 10.2 Å². The number of aromatic nitrogens is 1. The SMILES string of the molecule is CCOc1cccc2sc(=NC(=O)C(C)C)n(CCOC)c12. The van der Waals surface area contributed by atoms with Gasteiger partial charge in [-0.05, 0) is 19.1 Å². The smallest absolute Gasteiger partial charge is 0.250 e. The Hall–Kier alpha value is -1.66. The van der Waals surface area contributed by atoms with E-state index < -0.39 is 0 Å². The number of hydrogen-bond donors (Lipinski definition) is 0. The number of thiazole rings is 1. The van der Waals surface area contributed by atoms with Crippen molar-refractivity contribution < 1.29 is 14.3 Å². The van der Waals surface area contributed by atoms with E-state index in [2.05, 4.69) is 4.99 Å². The third-order valence-electron chi connectivity index (χ3n) is 3.18. The van der Waals surface area contributed by atoms with Gasteiger partial charge in [-0.1, -0.05) is 31.3 Å². The van der Waals surface area contributed by atoms with Crippen molar-refractivity contribution in [2.75, 3.05) is 20.3 Å². The lowest BCUT2D eigenvalue weighted by Gasteiger charge is -2.09. The molecular formula is C16H22N2O3S. The van der Waals surface area contributed by atoms with E-state index >= 15 is 0 Å². The highest BCUT2D eigenvalue weighted by Crippen LogP contribution is 2.27. The van der Waals surface area contributed by atoms with Crippen molar-refractivity contribution in [1.29, 1.82) is 0 Å². The van der Waals surface area contributed by atoms with Gasteiger partial charge in [0.25, 0.3) is 5.91 Å². The molecule has 0 unspecified atom stereocenters. The largest absolute Gasteiger partial charge is 0.492 e. The van der Waals surface area contributed by atoms with Crippen molar-refractivity contribution in [2.45, 2.75) is 27.3 Å². The van der Waals surface area contributed by atoms with Crippen molar-refractivity contribution in [3.63, 3.8) is 0 Å². The third-order valence-corrected chi connectivity index (χ3v) is 4.23. The van der Waals surface area contributed by atoms with Gasteiger partial charge >= 0.3 is 0 Å². The summed E-state index contributed by atoms with van der Waals surface area (Å²) in [6, 6.07) is 5.92. The summed E-state index contributed by atoms with van der Waals surface area (Å²) in [5.74, 6) is 0.578. The summed E-state index contributed by atoms with van der Waals surface area (Å²) in [6.07, 6.45) is 0. The zero-order chi connectivity index (χ0) is 16.1. The number of para-hydroxylation sites is 1. The van der Waals surface area contributed by atoms with E-state index in [1.54, 1.807) is 7.11 Å². The van der Waals surface area contributed by atoms with Gasteiger partial charge in [0, 0.05) is 19.6 Å². The molecule has 2 aromatic rings. The van der Waals surface area contributed by atoms with Gasteiger partial charge < -0.3 is 14.0 Å². The fourth-order valence-corrected chi connectivity index (χ4v) is 3.15. The maximum Gasteiger partial charge on any atom is 0.250 e. The molecule has 0 aliphatic heterocycles. The van der Waals surface area contributed by atoms with Gasteiger partial charge in [0.2, 0.25) is 0 Å². The van der Waals surface area contributed by atoms with Crippen LogP contribution < -0.4 is 9.54 Å². The molecule has 5 nitrogen and oxygen atoms in total. The molecule has 6 heteroatoms. The van der Waals surface area contributed by atoms with Crippen molar-refractivity contribution in [3.8, 4) is 5.75 Å². The Kier molecular flexibility index (Phi) is 5.74. The Balaban J connectivity index is 2.65. The van der Waals surface area contributed by atoms with Crippen LogP contribution in [0.4, 0.5) is 0 Å². The third kappa shape index (κ3) is 3.56. The first kappa shape index (κ1) is 16.7. The van der Waals surface area contributed by atoms with Gasteiger partial charge in [0.15, 0.2) is 4.80 Å². The molecule has 0 fully saturated rings. The van der Waals surface area contributed by atoms with E-state index in [1.807, 2.05) is 43.5 Å². The van der Waals surface area contributed by atoms with Crippen molar-refractivity contribution in [1.82, 2.24) is 4.57 Å². The Morgan fingerprint density at radius 3 is 2.82 bits per heavy atom. The standard InChI is InChI=1S/C16H22N2O3S/c1-5-21-12-7-6-8-13-14(12)18(9-10-20-4)16(22-13)17-15(19)11(2)3/h6-8,11H,5,9-10H2,1-4H3. The highest BCUT2D eigenvalue weighted by atomic mass is 32.1. The van der Waals surface area contributed by atoms with Crippen LogP contribution in [0.1, 0.15) is 20.8 Å². The molecule has 0 aliphatic carbocycles. The van der Waals surface area contributed by atoms with Crippen molar-refractivity contribution in [3.05, 3.63) is 23.0 Å². The highest BCUT2D eigenvalue weighted by molar-refractivity contribution is 7.16. The number of carbonyl (C=O) groups excluding carboxylic acids is 1. The van der Waals surface area contributed by atoms with Gasteiger partial charge in [-0.25, -0.2) is 0 Å². The van der Waals surface area contributed by atoms with E-state index in [-0.39, 0.29) is 11.8 Å². The molecule has 0 saturated heterocycles. The van der Waals surface area contributed by atoms with E-state index in [1.165, 1.54) is 11.3 Å². The molecule has 1 heterocycles. The summed E-state index contributed by atoms with van der Waals surface area (Å²) >= 11 is 1.50. The molecule has 0 spiro atoms. The van der Waals surface area contributed by atoms with Gasteiger partial charge in [-0.3, -0.25) is 4.79 Å². The summed E-state index contributed by atoms with van der Waals surface area (Å²) < 4.78 is 14.0. The lowest BCUT2D eigenvalue weighted by Crippen LogP contribution is -2.20. The summed E-state index contributed by atoms with van der Waals surface area (Å²) in [5.41, 5.74) is 0.974. The summed E-state index contributed by atoms with van der Waals surface area (Å²) in [6.45, 7) is 7.43. The molecule has 22 heavy (non-hydrogen) atoms.